The van der Waals surface area contributed by atoms with Gasteiger partial charge < -0.3 is 0 Å². The molecule has 0 radical (unpaired) electrons. The summed E-state index contributed by atoms with van der Waals surface area (Å²) >= 11 is 0. The van der Waals surface area contributed by atoms with Crippen LogP contribution in [0.4, 0.5) is 5.69 Å². The van der Waals surface area contributed by atoms with E-state index in [1.807, 2.05) is 36.4 Å². The Labute approximate surface area is 244 Å². The van der Waals surface area contributed by atoms with Gasteiger partial charge in [-0.3, -0.25) is 9.80 Å². The normalized spacial score (nSPS) is 14.9. The van der Waals surface area contributed by atoms with Gasteiger partial charge in [0.25, 0.3) is 5.91 Å². The van der Waals surface area contributed by atoms with Gasteiger partial charge >= 0.3 is 0 Å². The van der Waals surface area contributed by atoms with Gasteiger partial charge in [0.2, 0.25) is 0 Å². The fraction of sp³-hybridized carbons (Fsp3) is 0.0541. The zero-order valence-corrected chi connectivity index (χ0v) is 22.9. The number of anilines is 1. The molecule has 42 heavy (non-hydrogen) atoms. The van der Waals surface area contributed by atoms with Crippen LogP contribution in [0.15, 0.2) is 150 Å². The third kappa shape index (κ3) is 4.93. The second-order valence-electron chi connectivity index (χ2n) is 10.4. The molecule has 6 aromatic rings. The molecule has 1 atom stereocenters. The minimum atomic E-state index is -0.242. The Morgan fingerprint density at radius 2 is 1.33 bits per heavy atom. The average Bonchev–Trinajstić information content (AvgIpc) is 3.50. The first-order valence-electron chi connectivity index (χ1n) is 14.1. The van der Waals surface area contributed by atoms with Gasteiger partial charge in [-0.2, -0.15) is 10.2 Å². The maximum absolute atomic E-state index is 12.3. The molecule has 1 heterocycles. The molecule has 0 bridgehead atoms. The minimum Gasteiger partial charge on any atom is -0.267 e. The molecule has 1 aliphatic heterocycles. The quantitative estimate of drug-likeness (QED) is 0.131. The van der Waals surface area contributed by atoms with Crippen LogP contribution in [0, 0.1) is 0 Å². The Morgan fingerprint density at radius 1 is 0.738 bits per heavy atom. The van der Waals surface area contributed by atoms with Gasteiger partial charge in [-0.05, 0) is 68.6 Å². The number of hydrogen-bond donors (Lipinski definition) is 1. The predicted molar refractivity (Wildman–Crippen MR) is 172 cm³/mol. The van der Waals surface area contributed by atoms with E-state index >= 15 is 0 Å². The van der Waals surface area contributed by atoms with Crippen LogP contribution in [0.2, 0.25) is 0 Å². The molecule has 1 amide bonds. The predicted octanol–water partition coefficient (Wildman–Crippen LogP) is 8.11. The van der Waals surface area contributed by atoms with Gasteiger partial charge in [0, 0.05) is 12.0 Å². The number of amides is 1. The Bertz CT molecular complexity index is 1890. The lowest BCUT2D eigenvalue weighted by molar-refractivity contribution is 0.0955. The summed E-state index contributed by atoms with van der Waals surface area (Å²) in [4.78, 5) is 12.3. The Hall–Kier alpha value is -5.55. The highest BCUT2D eigenvalue weighted by atomic mass is 16.2. The minimum absolute atomic E-state index is 0.0147. The number of nitrogens with zero attached hydrogens (tertiary/aromatic N) is 3. The van der Waals surface area contributed by atoms with Gasteiger partial charge in [0.15, 0.2) is 0 Å². The van der Waals surface area contributed by atoms with Gasteiger partial charge in [-0.25, -0.2) is 5.43 Å². The first kappa shape index (κ1) is 25.4. The topological polar surface area (TPSA) is 57.1 Å². The number of carbonyl (C=O) groups is 1. The summed E-state index contributed by atoms with van der Waals surface area (Å²) in [6, 6.07) is 47.2. The van der Waals surface area contributed by atoms with Gasteiger partial charge in [0.05, 0.1) is 23.7 Å². The van der Waals surface area contributed by atoms with Crippen LogP contribution in [-0.2, 0) is 0 Å². The Morgan fingerprint density at radius 3 is 2.00 bits per heavy atom. The molecular weight excluding hydrogens is 516 g/mol. The van der Waals surface area contributed by atoms with Crippen molar-refractivity contribution >= 4 is 45.1 Å². The van der Waals surface area contributed by atoms with Crippen molar-refractivity contribution in [1.82, 2.24) is 5.43 Å². The number of hydrogen-bond acceptors (Lipinski definition) is 4. The molecule has 0 saturated heterocycles. The molecule has 0 aromatic heterocycles. The monoisotopic (exact) mass is 544 g/mol. The fourth-order valence-corrected chi connectivity index (χ4v) is 5.72. The molecule has 0 fully saturated rings. The van der Waals surface area contributed by atoms with Crippen LogP contribution >= 0.6 is 0 Å². The molecule has 0 spiro atoms. The number of fused-ring (bicyclic) bond motifs is 2. The second kappa shape index (κ2) is 11.1. The molecule has 1 unspecified atom stereocenters. The van der Waals surface area contributed by atoms with Crippen molar-refractivity contribution < 1.29 is 4.79 Å². The van der Waals surface area contributed by atoms with Crippen LogP contribution in [0.5, 0.6) is 0 Å². The van der Waals surface area contributed by atoms with Crippen molar-refractivity contribution in [3.8, 4) is 0 Å². The van der Waals surface area contributed by atoms with E-state index in [-0.39, 0.29) is 11.9 Å². The summed E-state index contributed by atoms with van der Waals surface area (Å²) in [5.74, 6) is -0.242. The van der Waals surface area contributed by atoms with Crippen LogP contribution in [0.1, 0.15) is 39.5 Å². The zero-order valence-electron chi connectivity index (χ0n) is 22.9. The van der Waals surface area contributed by atoms with Crippen molar-refractivity contribution in [3.05, 3.63) is 162 Å². The summed E-state index contributed by atoms with van der Waals surface area (Å²) in [6.45, 7) is 0. The van der Waals surface area contributed by atoms with Gasteiger partial charge in [-0.1, -0.05) is 109 Å². The lowest BCUT2D eigenvalue weighted by Crippen LogP contribution is -2.19. The standard InChI is InChI=1S/C37H28N4O/c42-37(28-13-5-2-6-14-28)39-38-25-26-19-21-31(22-20-26)41-35(24-34(40-41)27-11-3-1-4-12-27)36-32-17-9-7-15-29(32)23-30-16-8-10-18-33(30)36/h1-23,25,35H,24H2,(H,39,42). The van der Waals surface area contributed by atoms with E-state index in [9.17, 15) is 4.79 Å². The first-order chi connectivity index (χ1) is 20.7. The molecule has 0 aliphatic carbocycles. The van der Waals surface area contributed by atoms with E-state index < -0.39 is 0 Å². The maximum Gasteiger partial charge on any atom is 0.271 e. The van der Waals surface area contributed by atoms with E-state index in [0.717, 1.165) is 28.9 Å². The summed E-state index contributed by atoms with van der Waals surface area (Å²) in [5.41, 5.74) is 8.52. The molecule has 6 aromatic carbocycles. The number of hydrazone groups is 2. The average molecular weight is 545 g/mol. The number of nitrogens with one attached hydrogen (secondary N) is 1. The highest BCUT2D eigenvalue weighted by Gasteiger charge is 2.32. The summed E-state index contributed by atoms with van der Waals surface area (Å²) in [7, 11) is 0. The molecule has 0 saturated carbocycles. The second-order valence-corrected chi connectivity index (χ2v) is 10.4. The van der Waals surface area contributed by atoms with E-state index in [1.54, 1.807) is 18.3 Å². The van der Waals surface area contributed by atoms with Crippen LogP contribution < -0.4 is 10.4 Å². The molecule has 1 N–H and O–H groups in total. The smallest absolute Gasteiger partial charge is 0.267 e. The number of rotatable bonds is 6. The van der Waals surface area contributed by atoms with Gasteiger partial charge in [0.1, 0.15) is 0 Å². The summed E-state index contributed by atoms with van der Waals surface area (Å²) in [6.07, 6.45) is 2.44. The maximum atomic E-state index is 12.3. The van der Waals surface area contributed by atoms with E-state index in [4.69, 9.17) is 5.10 Å². The highest BCUT2D eigenvalue weighted by Crippen LogP contribution is 2.42. The number of carbonyl (C=O) groups excluding carboxylic acids is 1. The lowest BCUT2D eigenvalue weighted by atomic mass is 9.89. The van der Waals surface area contributed by atoms with E-state index in [1.165, 1.54) is 27.1 Å². The van der Waals surface area contributed by atoms with Crippen molar-refractivity contribution in [1.29, 1.82) is 0 Å². The first-order valence-corrected chi connectivity index (χ1v) is 14.1. The van der Waals surface area contributed by atoms with E-state index in [0.29, 0.717) is 5.56 Å². The van der Waals surface area contributed by atoms with Crippen molar-refractivity contribution in [3.63, 3.8) is 0 Å². The highest BCUT2D eigenvalue weighted by molar-refractivity contribution is 6.07. The molecule has 202 valence electrons. The van der Waals surface area contributed by atoms with Crippen molar-refractivity contribution in [2.75, 3.05) is 5.01 Å². The summed E-state index contributed by atoms with van der Waals surface area (Å²) < 4.78 is 0. The van der Waals surface area contributed by atoms with Crippen molar-refractivity contribution in [2.24, 2.45) is 10.2 Å². The Kier molecular flexibility index (Phi) is 6.74. The van der Waals surface area contributed by atoms with Crippen LogP contribution in [0.3, 0.4) is 0 Å². The molecule has 5 nitrogen and oxygen atoms in total. The molecule has 5 heteroatoms. The summed E-state index contributed by atoms with van der Waals surface area (Å²) in [5, 5.41) is 16.5. The third-order valence-electron chi connectivity index (χ3n) is 7.74. The fourth-order valence-electron chi connectivity index (χ4n) is 5.72. The van der Waals surface area contributed by atoms with Crippen molar-refractivity contribution in [2.45, 2.75) is 12.5 Å². The van der Waals surface area contributed by atoms with Crippen LogP contribution in [-0.4, -0.2) is 17.8 Å². The van der Waals surface area contributed by atoms with Crippen LogP contribution in [0.25, 0.3) is 21.5 Å². The lowest BCUT2D eigenvalue weighted by Gasteiger charge is -2.26. The molecule has 7 rings (SSSR count). The largest absolute Gasteiger partial charge is 0.271 e. The third-order valence-corrected chi connectivity index (χ3v) is 7.74. The molecule has 1 aliphatic rings. The zero-order chi connectivity index (χ0) is 28.3. The Balaban J connectivity index is 1.25. The number of benzene rings is 6. The SMILES string of the molecule is O=C(NN=Cc1ccc(N2N=C(c3ccccc3)CC2c2c3ccccc3cc3ccccc23)cc1)c1ccccc1. The van der Waals surface area contributed by atoms with Gasteiger partial charge in [-0.15, -0.1) is 0 Å². The van der Waals surface area contributed by atoms with E-state index in [2.05, 4.69) is 107 Å². The molecular formula is C37H28N4O.